The number of allylic oxidation sites excluding steroid dienone is 8. The molecule has 63 heavy (non-hydrogen) atoms. The molecule has 0 amide bonds. The zero-order valence-electron chi connectivity index (χ0n) is 41.8. The smallest absolute Gasteiger partial charge is 0.306 e. The fraction of sp³-hybridized carbons (Fsp3) is 0.807. The second kappa shape index (κ2) is 52.0. The lowest BCUT2D eigenvalue weighted by Gasteiger charge is -2.18. The number of esters is 3. The van der Waals surface area contributed by atoms with Crippen molar-refractivity contribution < 1.29 is 28.6 Å². The van der Waals surface area contributed by atoms with Crippen LogP contribution in [0.15, 0.2) is 48.6 Å². The van der Waals surface area contributed by atoms with Gasteiger partial charge in [0.15, 0.2) is 6.10 Å². The van der Waals surface area contributed by atoms with E-state index in [1.165, 1.54) is 154 Å². The molecule has 0 saturated heterocycles. The van der Waals surface area contributed by atoms with Gasteiger partial charge in [0.05, 0.1) is 0 Å². The van der Waals surface area contributed by atoms with Crippen molar-refractivity contribution in [3.8, 4) is 0 Å². The standard InChI is InChI=1S/C57H102O6/c1-4-7-10-13-16-19-22-25-28-31-34-37-40-43-46-49-55(58)61-52-54(63-57(60)51-48-45-42-39-36-33-30-27-24-21-18-15-12-9-6-3)53-62-56(59)50-47-44-41-38-35-32-29-26-23-20-17-14-11-8-5-2/h16,19,25,27-28,30,34,37,54H,4-15,17-18,20-24,26,29,31-33,35-36,38-53H2,1-3H3/b19-16-,28-25-,30-27-,37-34-/t54-/m1/s1. The number of hydrogen-bond donors (Lipinski definition) is 0. The SMILES string of the molecule is CCCCC/C=C\C/C=C\C/C=C\CCCCC(=O)OC[C@H](COC(=O)CCCCCCCCCCCCCCCCC)OC(=O)CCCCCCC/C=C\CCCCCCCC. The molecule has 1 atom stereocenters. The van der Waals surface area contributed by atoms with Crippen LogP contribution in [0.2, 0.25) is 0 Å². The van der Waals surface area contributed by atoms with Crippen molar-refractivity contribution in [2.45, 2.75) is 284 Å². The maximum Gasteiger partial charge on any atom is 0.306 e. The van der Waals surface area contributed by atoms with Crippen LogP contribution < -0.4 is 0 Å². The highest BCUT2D eigenvalue weighted by atomic mass is 16.6. The molecule has 6 nitrogen and oxygen atoms in total. The molecule has 0 aromatic rings. The molecule has 0 N–H and O–H groups in total. The highest BCUT2D eigenvalue weighted by molar-refractivity contribution is 5.71. The van der Waals surface area contributed by atoms with Crippen LogP contribution in [0.25, 0.3) is 0 Å². The average molecular weight is 883 g/mol. The molecule has 0 fully saturated rings. The minimum Gasteiger partial charge on any atom is -0.462 e. The summed E-state index contributed by atoms with van der Waals surface area (Å²) in [5.74, 6) is -0.924. The fourth-order valence-corrected chi connectivity index (χ4v) is 7.68. The quantitative estimate of drug-likeness (QED) is 0.0262. The van der Waals surface area contributed by atoms with Crippen molar-refractivity contribution in [3.05, 3.63) is 48.6 Å². The summed E-state index contributed by atoms with van der Waals surface area (Å²) < 4.78 is 16.8. The van der Waals surface area contributed by atoms with Crippen LogP contribution in [0.5, 0.6) is 0 Å². The van der Waals surface area contributed by atoms with E-state index in [4.69, 9.17) is 14.2 Å². The van der Waals surface area contributed by atoms with Crippen molar-refractivity contribution in [2.75, 3.05) is 13.2 Å². The van der Waals surface area contributed by atoms with Gasteiger partial charge in [0.25, 0.3) is 0 Å². The Balaban J connectivity index is 4.43. The second-order valence-electron chi connectivity index (χ2n) is 18.1. The first-order valence-electron chi connectivity index (χ1n) is 27.1. The van der Waals surface area contributed by atoms with E-state index in [2.05, 4.69) is 69.4 Å². The summed E-state index contributed by atoms with van der Waals surface area (Å²) in [6.45, 7) is 6.59. The molecule has 0 spiro atoms. The molecule has 0 radical (unpaired) electrons. The Kier molecular flexibility index (Phi) is 49.8. The molecular weight excluding hydrogens is 781 g/mol. The van der Waals surface area contributed by atoms with Gasteiger partial charge in [-0.05, 0) is 83.5 Å². The van der Waals surface area contributed by atoms with Gasteiger partial charge in [0, 0.05) is 19.3 Å². The van der Waals surface area contributed by atoms with Gasteiger partial charge in [-0.3, -0.25) is 14.4 Å². The molecule has 0 heterocycles. The number of ether oxygens (including phenoxy) is 3. The van der Waals surface area contributed by atoms with E-state index in [0.717, 1.165) is 83.5 Å². The predicted molar refractivity (Wildman–Crippen MR) is 270 cm³/mol. The number of rotatable bonds is 49. The number of carbonyl (C=O) groups is 3. The van der Waals surface area contributed by atoms with Crippen molar-refractivity contribution in [1.29, 1.82) is 0 Å². The van der Waals surface area contributed by atoms with Crippen LogP contribution in [0.3, 0.4) is 0 Å². The maximum atomic E-state index is 12.8. The Morgan fingerprint density at radius 3 is 0.968 bits per heavy atom. The third-order valence-corrected chi connectivity index (χ3v) is 11.8. The Morgan fingerprint density at radius 1 is 0.317 bits per heavy atom. The molecule has 0 aliphatic rings. The van der Waals surface area contributed by atoms with Gasteiger partial charge in [0.1, 0.15) is 13.2 Å². The fourth-order valence-electron chi connectivity index (χ4n) is 7.68. The second-order valence-corrected chi connectivity index (χ2v) is 18.1. The topological polar surface area (TPSA) is 78.9 Å². The molecule has 0 aliphatic carbocycles. The van der Waals surface area contributed by atoms with Gasteiger partial charge in [-0.2, -0.15) is 0 Å². The highest BCUT2D eigenvalue weighted by Crippen LogP contribution is 2.15. The van der Waals surface area contributed by atoms with Crippen LogP contribution in [-0.2, 0) is 28.6 Å². The van der Waals surface area contributed by atoms with Gasteiger partial charge < -0.3 is 14.2 Å². The van der Waals surface area contributed by atoms with E-state index in [1.54, 1.807) is 0 Å². The summed E-state index contributed by atoms with van der Waals surface area (Å²) in [6, 6.07) is 0. The third-order valence-electron chi connectivity index (χ3n) is 11.8. The van der Waals surface area contributed by atoms with E-state index in [0.29, 0.717) is 19.3 Å². The summed E-state index contributed by atoms with van der Waals surface area (Å²) in [7, 11) is 0. The zero-order chi connectivity index (χ0) is 45.8. The third kappa shape index (κ3) is 50.2. The first-order chi connectivity index (χ1) is 31.0. The summed E-state index contributed by atoms with van der Waals surface area (Å²) in [5.41, 5.74) is 0. The summed E-state index contributed by atoms with van der Waals surface area (Å²) in [4.78, 5) is 38.0. The molecule has 6 heteroatoms. The molecule has 0 saturated carbocycles. The maximum absolute atomic E-state index is 12.8. The van der Waals surface area contributed by atoms with E-state index < -0.39 is 6.10 Å². The van der Waals surface area contributed by atoms with Crippen molar-refractivity contribution in [3.63, 3.8) is 0 Å². The van der Waals surface area contributed by atoms with E-state index in [9.17, 15) is 14.4 Å². The molecule has 0 aromatic heterocycles. The number of carbonyl (C=O) groups excluding carboxylic acids is 3. The van der Waals surface area contributed by atoms with Crippen LogP contribution in [-0.4, -0.2) is 37.2 Å². The van der Waals surface area contributed by atoms with Crippen molar-refractivity contribution in [1.82, 2.24) is 0 Å². The van der Waals surface area contributed by atoms with Crippen LogP contribution >= 0.6 is 0 Å². The Hall–Kier alpha value is -2.63. The minimum absolute atomic E-state index is 0.0859. The molecular formula is C57H102O6. The monoisotopic (exact) mass is 883 g/mol. The normalized spacial score (nSPS) is 12.4. The van der Waals surface area contributed by atoms with E-state index in [-0.39, 0.29) is 31.1 Å². The van der Waals surface area contributed by atoms with Crippen LogP contribution in [0.4, 0.5) is 0 Å². The summed E-state index contributed by atoms with van der Waals surface area (Å²) >= 11 is 0. The molecule has 366 valence electrons. The van der Waals surface area contributed by atoms with Crippen LogP contribution in [0.1, 0.15) is 278 Å². The van der Waals surface area contributed by atoms with E-state index in [1.807, 2.05) is 0 Å². The van der Waals surface area contributed by atoms with Gasteiger partial charge in [0.2, 0.25) is 0 Å². The molecule has 0 bridgehead atoms. The first-order valence-corrected chi connectivity index (χ1v) is 27.1. The largest absolute Gasteiger partial charge is 0.462 e. The Labute approximate surface area is 390 Å². The van der Waals surface area contributed by atoms with Gasteiger partial charge in [-0.25, -0.2) is 0 Å². The predicted octanol–water partition coefficient (Wildman–Crippen LogP) is 17.9. The first kappa shape index (κ1) is 60.4. The molecule has 0 unspecified atom stereocenters. The van der Waals surface area contributed by atoms with Gasteiger partial charge in [-0.1, -0.05) is 223 Å². The number of hydrogen-bond acceptors (Lipinski definition) is 6. The number of unbranched alkanes of at least 4 members (excludes halogenated alkanes) is 30. The van der Waals surface area contributed by atoms with Crippen molar-refractivity contribution in [2.24, 2.45) is 0 Å². The molecule has 0 rings (SSSR count). The lowest BCUT2D eigenvalue weighted by atomic mass is 10.0. The summed E-state index contributed by atoms with van der Waals surface area (Å²) in [6.07, 6.45) is 62.4. The minimum atomic E-state index is -0.790. The van der Waals surface area contributed by atoms with E-state index >= 15 is 0 Å². The van der Waals surface area contributed by atoms with Gasteiger partial charge in [-0.15, -0.1) is 0 Å². The lowest BCUT2D eigenvalue weighted by molar-refractivity contribution is -0.167. The van der Waals surface area contributed by atoms with Crippen LogP contribution in [0, 0.1) is 0 Å². The average Bonchev–Trinajstić information content (AvgIpc) is 3.28. The zero-order valence-corrected chi connectivity index (χ0v) is 41.8. The molecule has 0 aromatic carbocycles. The van der Waals surface area contributed by atoms with Gasteiger partial charge >= 0.3 is 17.9 Å². The lowest BCUT2D eigenvalue weighted by Crippen LogP contribution is -2.30. The Morgan fingerprint density at radius 2 is 0.571 bits per heavy atom. The Bertz CT molecular complexity index is 1110. The molecule has 0 aliphatic heterocycles. The highest BCUT2D eigenvalue weighted by Gasteiger charge is 2.19. The van der Waals surface area contributed by atoms with Crippen molar-refractivity contribution >= 4 is 17.9 Å². The summed E-state index contributed by atoms with van der Waals surface area (Å²) in [5, 5.41) is 0.